The number of aliphatic hydroxyl groups is 1. The Morgan fingerprint density at radius 2 is 2.05 bits per heavy atom. The third-order valence-corrected chi connectivity index (χ3v) is 3.94. The lowest BCUT2D eigenvalue weighted by atomic mass is 9.91. The van der Waals surface area contributed by atoms with Crippen molar-refractivity contribution in [2.45, 2.75) is 52.3 Å². The van der Waals surface area contributed by atoms with Crippen LogP contribution in [0.5, 0.6) is 0 Å². The topological polar surface area (TPSA) is 48.4 Å². The molecule has 1 aromatic heterocycles. The zero-order chi connectivity index (χ0) is 14.9. The number of pyridine rings is 1. The van der Waals surface area contributed by atoms with E-state index in [-0.39, 0.29) is 11.5 Å². The van der Waals surface area contributed by atoms with E-state index >= 15 is 0 Å². The Balaban J connectivity index is 2.18. The van der Waals surface area contributed by atoms with Gasteiger partial charge in [0.05, 0.1) is 17.9 Å². The number of rotatable bonds is 2. The fourth-order valence-electron chi connectivity index (χ4n) is 2.64. The molecule has 1 unspecified atom stereocenters. The molecule has 1 fully saturated rings. The van der Waals surface area contributed by atoms with Gasteiger partial charge in [-0.25, -0.2) is 0 Å². The van der Waals surface area contributed by atoms with Crippen molar-refractivity contribution in [3.05, 3.63) is 24.0 Å². The maximum absolute atomic E-state index is 10.5. The third kappa shape index (κ3) is 3.13. The van der Waals surface area contributed by atoms with E-state index in [0.29, 0.717) is 5.92 Å². The van der Waals surface area contributed by atoms with Crippen molar-refractivity contribution in [3.8, 4) is 0 Å². The highest BCUT2D eigenvalue weighted by molar-refractivity contribution is 5.46. The van der Waals surface area contributed by atoms with Gasteiger partial charge < -0.3 is 15.3 Å². The minimum Gasteiger partial charge on any atom is -0.372 e. The fourth-order valence-corrected chi connectivity index (χ4v) is 2.64. The highest BCUT2D eigenvalue weighted by Crippen LogP contribution is 2.25. The summed E-state index contributed by atoms with van der Waals surface area (Å²) in [7, 11) is 0. The number of aromatic nitrogens is 1. The summed E-state index contributed by atoms with van der Waals surface area (Å²) >= 11 is 0. The highest BCUT2D eigenvalue weighted by Gasteiger charge is 2.31. The molecule has 20 heavy (non-hydrogen) atoms. The first kappa shape index (κ1) is 15.3. The lowest BCUT2D eigenvalue weighted by molar-refractivity contribution is 0.0845. The predicted molar refractivity (Wildman–Crippen MR) is 82.9 cm³/mol. The van der Waals surface area contributed by atoms with Crippen LogP contribution in [-0.4, -0.2) is 35.4 Å². The van der Waals surface area contributed by atoms with Crippen LogP contribution in [0.1, 0.15) is 40.3 Å². The smallest absolute Gasteiger partial charge is 0.142 e. The van der Waals surface area contributed by atoms with Gasteiger partial charge in [-0.1, -0.05) is 34.6 Å². The van der Waals surface area contributed by atoms with Crippen LogP contribution in [0.3, 0.4) is 0 Å². The van der Waals surface area contributed by atoms with Crippen molar-refractivity contribution in [3.63, 3.8) is 0 Å². The first-order valence-electron chi connectivity index (χ1n) is 7.45. The SMILES string of the molecule is CC(C)[C@H]1NCCN(c2ccc(C(C)(C)C)nc2)C1O. The molecule has 2 N–H and O–H groups in total. The van der Waals surface area contributed by atoms with Gasteiger partial charge in [0.1, 0.15) is 6.23 Å². The van der Waals surface area contributed by atoms with Crippen LogP contribution in [0.15, 0.2) is 18.3 Å². The fraction of sp³-hybridized carbons (Fsp3) is 0.688. The number of piperazine rings is 1. The van der Waals surface area contributed by atoms with E-state index in [0.717, 1.165) is 24.5 Å². The average Bonchev–Trinajstić information content (AvgIpc) is 2.38. The molecule has 0 radical (unpaired) electrons. The average molecular weight is 277 g/mol. The summed E-state index contributed by atoms with van der Waals surface area (Å²) in [5.74, 6) is 0.398. The number of aliphatic hydroxyl groups excluding tert-OH is 1. The quantitative estimate of drug-likeness (QED) is 0.869. The second-order valence-corrected chi connectivity index (χ2v) is 6.98. The second kappa shape index (κ2) is 5.70. The maximum atomic E-state index is 10.5. The van der Waals surface area contributed by atoms with Gasteiger partial charge in [-0.15, -0.1) is 0 Å². The van der Waals surface area contributed by atoms with Crippen LogP contribution in [0.25, 0.3) is 0 Å². The monoisotopic (exact) mass is 277 g/mol. The van der Waals surface area contributed by atoms with Crippen LogP contribution < -0.4 is 10.2 Å². The summed E-state index contributed by atoms with van der Waals surface area (Å²) < 4.78 is 0. The molecule has 0 saturated carbocycles. The Hall–Kier alpha value is -1.13. The number of anilines is 1. The Morgan fingerprint density at radius 1 is 1.35 bits per heavy atom. The van der Waals surface area contributed by atoms with E-state index in [1.54, 1.807) is 0 Å². The summed E-state index contributed by atoms with van der Waals surface area (Å²) in [5.41, 5.74) is 2.13. The third-order valence-electron chi connectivity index (χ3n) is 3.94. The van der Waals surface area contributed by atoms with Crippen molar-refractivity contribution in [1.29, 1.82) is 0 Å². The molecular weight excluding hydrogens is 250 g/mol. The van der Waals surface area contributed by atoms with Crippen LogP contribution in [-0.2, 0) is 5.41 Å². The molecule has 1 aliphatic rings. The number of hydrogen-bond acceptors (Lipinski definition) is 4. The predicted octanol–water partition coefficient (Wildman–Crippen LogP) is 2.13. The minimum atomic E-state index is -0.494. The largest absolute Gasteiger partial charge is 0.372 e. The lowest BCUT2D eigenvalue weighted by Crippen LogP contribution is -2.60. The van der Waals surface area contributed by atoms with Gasteiger partial charge in [0.2, 0.25) is 0 Å². The van der Waals surface area contributed by atoms with Gasteiger partial charge >= 0.3 is 0 Å². The van der Waals surface area contributed by atoms with Crippen LogP contribution in [0.4, 0.5) is 5.69 Å². The lowest BCUT2D eigenvalue weighted by Gasteiger charge is -2.41. The molecule has 112 valence electrons. The van der Waals surface area contributed by atoms with Crippen LogP contribution in [0, 0.1) is 5.92 Å². The second-order valence-electron chi connectivity index (χ2n) is 6.98. The van der Waals surface area contributed by atoms with E-state index in [1.807, 2.05) is 11.1 Å². The summed E-state index contributed by atoms with van der Waals surface area (Å²) in [6, 6.07) is 4.24. The Morgan fingerprint density at radius 3 is 2.55 bits per heavy atom. The number of hydrogen-bond donors (Lipinski definition) is 2. The molecule has 0 amide bonds. The van der Waals surface area contributed by atoms with Crippen LogP contribution >= 0.6 is 0 Å². The number of nitrogens with zero attached hydrogens (tertiary/aromatic N) is 2. The van der Waals surface area contributed by atoms with Crippen molar-refractivity contribution in [2.24, 2.45) is 5.92 Å². The van der Waals surface area contributed by atoms with Gasteiger partial charge in [0, 0.05) is 24.2 Å². The molecule has 2 heterocycles. The zero-order valence-electron chi connectivity index (χ0n) is 13.2. The van der Waals surface area contributed by atoms with Crippen molar-refractivity contribution in [1.82, 2.24) is 10.3 Å². The molecule has 1 aliphatic heterocycles. The molecule has 0 bridgehead atoms. The standard InChI is InChI=1S/C16H27N3O/c1-11(2)14-15(20)19(9-8-17-14)12-6-7-13(18-10-12)16(3,4)5/h6-7,10-11,14-15,17,20H,8-9H2,1-5H3/t14-,15?/m1/s1. The van der Waals surface area contributed by atoms with Gasteiger partial charge in [0.25, 0.3) is 0 Å². The number of nitrogens with one attached hydrogen (secondary N) is 1. The van der Waals surface area contributed by atoms with E-state index in [2.05, 4.69) is 57.1 Å². The molecule has 2 atom stereocenters. The Bertz CT molecular complexity index is 436. The minimum absolute atomic E-state index is 0.0566. The summed E-state index contributed by atoms with van der Waals surface area (Å²) in [4.78, 5) is 6.60. The maximum Gasteiger partial charge on any atom is 0.142 e. The van der Waals surface area contributed by atoms with Crippen molar-refractivity contribution >= 4 is 5.69 Å². The summed E-state index contributed by atoms with van der Waals surface area (Å²) in [6.07, 6.45) is 1.39. The molecular formula is C16H27N3O. The Kier molecular flexibility index (Phi) is 4.35. The first-order valence-corrected chi connectivity index (χ1v) is 7.45. The van der Waals surface area contributed by atoms with Crippen LogP contribution in [0.2, 0.25) is 0 Å². The highest BCUT2D eigenvalue weighted by atomic mass is 16.3. The molecule has 4 heteroatoms. The van der Waals surface area contributed by atoms with E-state index < -0.39 is 6.23 Å². The van der Waals surface area contributed by atoms with Gasteiger partial charge in [-0.05, 0) is 18.1 Å². The molecule has 4 nitrogen and oxygen atoms in total. The van der Waals surface area contributed by atoms with Crippen molar-refractivity contribution in [2.75, 3.05) is 18.0 Å². The summed E-state index contributed by atoms with van der Waals surface area (Å²) in [5, 5.41) is 13.9. The van der Waals surface area contributed by atoms with Gasteiger partial charge in [0.15, 0.2) is 0 Å². The molecule has 0 aliphatic carbocycles. The first-order chi connectivity index (χ1) is 9.30. The molecule has 0 spiro atoms. The van der Waals surface area contributed by atoms with E-state index in [4.69, 9.17) is 0 Å². The van der Waals surface area contributed by atoms with Gasteiger partial charge in [-0.2, -0.15) is 0 Å². The molecule has 0 aromatic carbocycles. The zero-order valence-corrected chi connectivity index (χ0v) is 13.2. The van der Waals surface area contributed by atoms with Crippen molar-refractivity contribution < 1.29 is 5.11 Å². The Labute approximate surface area is 122 Å². The van der Waals surface area contributed by atoms with E-state index in [1.165, 1.54) is 0 Å². The van der Waals surface area contributed by atoms with Gasteiger partial charge in [-0.3, -0.25) is 4.98 Å². The van der Waals surface area contributed by atoms with E-state index in [9.17, 15) is 5.11 Å². The summed E-state index contributed by atoms with van der Waals surface area (Å²) in [6.45, 7) is 12.4. The molecule has 1 aromatic rings. The normalized spacial score (nSPS) is 24.2. The molecule has 1 saturated heterocycles. The molecule has 2 rings (SSSR count).